The average molecular weight is 500 g/mol. The van der Waals surface area contributed by atoms with Crippen LogP contribution in [-0.4, -0.2) is 34.9 Å². The van der Waals surface area contributed by atoms with Gasteiger partial charge in [-0.05, 0) is 49.1 Å². The number of hydrogen-bond acceptors (Lipinski definition) is 4. The number of ether oxygens (including phenoxy) is 1. The monoisotopic (exact) mass is 499 g/mol. The fraction of sp³-hybridized carbons (Fsp3) is 0.300. The number of carbonyl (C=O) groups is 3. The molecule has 1 saturated heterocycles. The Labute approximate surface area is 217 Å². The molecule has 4 rings (SSSR count). The number of rotatable bonds is 9. The number of cyclic esters (lactones) is 1. The molecule has 3 atom stereocenters. The molecular weight excluding hydrogens is 466 g/mol. The first-order valence-electron chi connectivity index (χ1n) is 12.6. The topological polar surface area (TPSA) is 87.7 Å². The van der Waals surface area contributed by atoms with Crippen LogP contribution in [0.4, 0.5) is 10.5 Å². The van der Waals surface area contributed by atoms with Gasteiger partial charge in [0.2, 0.25) is 11.8 Å². The Morgan fingerprint density at radius 1 is 0.973 bits per heavy atom. The highest BCUT2D eigenvalue weighted by Crippen LogP contribution is 2.35. The van der Waals surface area contributed by atoms with Crippen LogP contribution in [0.3, 0.4) is 0 Å². The molecular formula is C30H33N3O4. The molecule has 3 aromatic carbocycles. The van der Waals surface area contributed by atoms with Crippen molar-refractivity contribution < 1.29 is 19.1 Å². The van der Waals surface area contributed by atoms with Gasteiger partial charge < -0.3 is 15.4 Å². The summed E-state index contributed by atoms with van der Waals surface area (Å²) in [6.45, 7) is 6.17. The molecule has 7 nitrogen and oxygen atoms in total. The van der Waals surface area contributed by atoms with Crippen LogP contribution in [0.2, 0.25) is 0 Å². The molecule has 0 aliphatic carbocycles. The second-order valence-corrected chi connectivity index (χ2v) is 9.52. The number of amides is 3. The zero-order valence-corrected chi connectivity index (χ0v) is 21.4. The normalized spacial score (nSPS) is 17.7. The summed E-state index contributed by atoms with van der Waals surface area (Å²) >= 11 is 0. The summed E-state index contributed by atoms with van der Waals surface area (Å²) in [5.74, 6) is -0.422. The van der Waals surface area contributed by atoms with Crippen molar-refractivity contribution in [2.75, 3.05) is 5.32 Å². The van der Waals surface area contributed by atoms with E-state index in [-0.39, 0.29) is 30.8 Å². The third-order valence-electron chi connectivity index (χ3n) is 6.53. The number of nitrogens with one attached hydrogen (secondary N) is 2. The van der Waals surface area contributed by atoms with Crippen LogP contribution in [0.25, 0.3) is 0 Å². The van der Waals surface area contributed by atoms with E-state index in [1.807, 2.05) is 81.4 Å². The van der Waals surface area contributed by atoms with Gasteiger partial charge >= 0.3 is 6.09 Å². The molecule has 0 aromatic heterocycles. The number of nitrogens with zero attached hydrogens (tertiary/aromatic N) is 1. The molecule has 0 radical (unpaired) electrons. The predicted molar refractivity (Wildman–Crippen MR) is 143 cm³/mol. The first-order valence-corrected chi connectivity index (χ1v) is 12.6. The Morgan fingerprint density at radius 3 is 2.41 bits per heavy atom. The molecule has 0 spiro atoms. The van der Waals surface area contributed by atoms with Crippen molar-refractivity contribution in [1.29, 1.82) is 0 Å². The fourth-order valence-electron chi connectivity index (χ4n) is 4.31. The van der Waals surface area contributed by atoms with Gasteiger partial charge in [-0.3, -0.25) is 14.5 Å². The average Bonchev–Trinajstić information content (AvgIpc) is 3.21. The van der Waals surface area contributed by atoms with Crippen LogP contribution in [0.15, 0.2) is 78.9 Å². The summed E-state index contributed by atoms with van der Waals surface area (Å²) in [6.07, 6.45) is -0.353. The second-order valence-electron chi connectivity index (χ2n) is 9.52. The zero-order chi connectivity index (χ0) is 26.4. The summed E-state index contributed by atoms with van der Waals surface area (Å²) in [7, 11) is 0. The van der Waals surface area contributed by atoms with E-state index < -0.39 is 18.2 Å². The quantitative estimate of drug-likeness (QED) is 0.426. The first-order chi connectivity index (χ1) is 17.8. The minimum atomic E-state index is -0.849. The van der Waals surface area contributed by atoms with Gasteiger partial charge in [0.1, 0.15) is 0 Å². The van der Waals surface area contributed by atoms with Crippen molar-refractivity contribution >= 4 is 23.6 Å². The maximum Gasteiger partial charge on any atom is 0.411 e. The van der Waals surface area contributed by atoms with Gasteiger partial charge in [0.15, 0.2) is 12.1 Å². The second kappa shape index (κ2) is 11.7. The molecule has 7 heteroatoms. The summed E-state index contributed by atoms with van der Waals surface area (Å²) in [6, 6.07) is 23.6. The molecule has 3 amide bonds. The molecule has 0 unspecified atom stereocenters. The lowest BCUT2D eigenvalue weighted by Crippen LogP contribution is -2.48. The van der Waals surface area contributed by atoms with Crippen LogP contribution < -0.4 is 10.6 Å². The lowest BCUT2D eigenvalue weighted by Gasteiger charge is -2.26. The van der Waals surface area contributed by atoms with Crippen molar-refractivity contribution in [2.45, 2.75) is 58.3 Å². The maximum atomic E-state index is 13.4. The van der Waals surface area contributed by atoms with E-state index in [0.29, 0.717) is 11.3 Å². The highest BCUT2D eigenvalue weighted by molar-refractivity contribution is 5.92. The Bertz CT molecular complexity index is 1240. The summed E-state index contributed by atoms with van der Waals surface area (Å²) in [5.41, 5.74) is 4.15. The van der Waals surface area contributed by atoms with Crippen LogP contribution in [0.5, 0.6) is 0 Å². The van der Waals surface area contributed by atoms with Gasteiger partial charge in [-0.15, -0.1) is 0 Å². The van der Waals surface area contributed by atoms with E-state index >= 15 is 0 Å². The van der Waals surface area contributed by atoms with E-state index in [9.17, 15) is 14.4 Å². The minimum absolute atomic E-state index is 0.0475. The first kappa shape index (κ1) is 25.9. The van der Waals surface area contributed by atoms with Gasteiger partial charge in [0.05, 0.1) is 13.0 Å². The van der Waals surface area contributed by atoms with E-state index in [0.717, 1.165) is 23.1 Å². The molecule has 37 heavy (non-hydrogen) atoms. The number of aryl methyl sites for hydroxylation is 1. The molecule has 0 saturated carbocycles. The zero-order valence-electron chi connectivity index (χ0n) is 21.4. The SMILES string of the molecule is CC[C@H](C)NC(=O)[C@H]1[C@@H](c2cccc(NC(=O)Cc3ccccc3)c2)OC(=O)N1Cc1ccc(C)cc1. The smallest absolute Gasteiger partial charge is 0.411 e. The third-order valence-corrected chi connectivity index (χ3v) is 6.53. The molecule has 3 aromatic rings. The van der Waals surface area contributed by atoms with E-state index in [4.69, 9.17) is 4.74 Å². The summed E-state index contributed by atoms with van der Waals surface area (Å²) < 4.78 is 5.77. The van der Waals surface area contributed by atoms with Crippen molar-refractivity contribution in [3.05, 3.63) is 101 Å². The molecule has 1 aliphatic heterocycles. The van der Waals surface area contributed by atoms with Crippen molar-refractivity contribution in [1.82, 2.24) is 10.2 Å². The van der Waals surface area contributed by atoms with Crippen molar-refractivity contribution in [3.63, 3.8) is 0 Å². The number of hydrogen-bond donors (Lipinski definition) is 2. The molecule has 0 bridgehead atoms. The maximum absolute atomic E-state index is 13.4. The Balaban J connectivity index is 1.57. The fourth-order valence-corrected chi connectivity index (χ4v) is 4.31. The van der Waals surface area contributed by atoms with Crippen LogP contribution >= 0.6 is 0 Å². The molecule has 192 valence electrons. The van der Waals surface area contributed by atoms with Crippen LogP contribution in [-0.2, 0) is 27.3 Å². The Hall–Kier alpha value is -4.13. The van der Waals surface area contributed by atoms with E-state index in [2.05, 4.69) is 10.6 Å². The Morgan fingerprint density at radius 2 is 1.70 bits per heavy atom. The van der Waals surface area contributed by atoms with Gasteiger partial charge in [-0.25, -0.2) is 4.79 Å². The van der Waals surface area contributed by atoms with E-state index in [1.54, 1.807) is 18.2 Å². The van der Waals surface area contributed by atoms with Crippen LogP contribution in [0, 0.1) is 6.92 Å². The number of anilines is 1. The molecule has 2 N–H and O–H groups in total. The lowest BCUT2D eigenvalue weighted by molar-refractivity contribution is -0.127. The van der Waals surface area contributed by atoms with Gasteiger partial charge in [0.25, 0.3) is 0 Å². The molecule has 1 heterocycles. The van der Waals surface area contributed by atoms with Gasteiger partial charge in [0, 0.05) is 11.7 Å². The molecule has 1 fully saturated rings. The summed E-state index contributed by atoms with van der Waals surface area (Å²) in [4.78, 5) is 40.5. The van der Waals surface area contributed by atoms with Gasteiger partial charge in [-0.2, -0.15) is 0 Å². The predicted octanol–water partition coefficient (Wildman–Crippen LogP) is 5.15. The highest BCUT2D eigenvalue weighted by Gasteiger charge is 2.47. The Kier molecular flexibility index (Phi) is 8.23. The third kappa shape index (κ3) is 6.55. The van der Waals surface area contributed by atoms with Crippen LogP contribution in [0.1, 0.15) is 48.6 Å². The summed E-state index contributed by atoms with van der Waals surface area (Å²) in [5, 5.41) is 5.92. The lowest BCUT2D eigenvalue weighted by atomic mass is 9.99. The largest absolute Gasteiger partial charge is 0.438 e. The number of carbonyl (C=O) groups excluding carboxylic acids is 3. The van der Waals surface area contributed by atoms with Gasteiger partial charge in [-0.1, -0.05) is 79.2 Å². The van der Waals surface area contributed by atoms with Crippen molar-refractivity contribution in [3.8, 4) is 0 Å². The van der Waals surface area contributed by atoms with E-state index in [1.165, 1.54) is 4.90 Å². The molecule has 1 aliphatic rings. The van der Waals surface area contributed by atoms with Crippen molar-refractivity contribution in [2.24, 2.45) is 0 Å². The minimum Gasteiger partial charge on any atom is -0.438 e. The standard InChI is InChI=1S/C30H33N3O4/c1-4-21(3)31-29(35)27-28(37-30(36)33(27)19-23-15-13-20(2)14-16-23)24-11-8-12-25(18-24)32-26(34)17-22-9-6-5-7-10-22/h5-16,18,21,27-28H,4,17,19H2,1-3H3,(H,31,35)(H,32,34)/t21-,27+,28+/m0/s1. The highest BCUT2D eigenvalue weighted by atomic mass is 16.6. The number of benzene rings is 3.